The van der Waals surface area contributed by atoms with Crippen LogP contribution in [-0.2, 0) is 17.7 Å². The topological polar surface area (TPSA) is 54.9 Å². The van der Waals surface area contributed by atoms with Crippen LogP contribution in [0, 0.1) is 18.8 Å². The smallest absolute Gasteiger partial charge is 0.191 e. The number of aliphatic imine (C=N–C) groups is 1. The number of rotatable bonds is 7. The molecule has 2 aromatic rings. The van der Waals surface area contributed by atoms with Gasteiger partial charge in [-0.25, -0.2) is 0 Å². The van der Waals surface area contributed by atoms with Gasteiger partial charge in [0.1, 0.15) is 12.4 Å². The molecule has 4 unspecified atom stereocenters. The molecule has 32 heavy (non-hydrogen) atoms. The number of benzene rings is 2. The monoisotopic (exact) mass is 547 g/mol. The molecule has 172 valence electrons. The molecule has 0 bridgehead atoms. The molecular weight excluding hydrogens is 513 g/mol. The van der Waals surface area contributed by atoms with Gasteiger partial charge in [-0.3, -0.25) is 4.99 Å². The maximum atomic E-state index is 6.13. The van der Waals surface area contributed by atoms with Crippen LogP contribution in [0.3, 0.4) is 0 Å². The lowest BCUT2D eigenvalue weighted by atomic mass is 10.0. The lowest BCUT2D eigenvalue weighted by molar-refractivity contribution is 0.0676. The Kier molecular flexibility index (Phi) is 7.61. The summed E-state index contributed by atoms with van der Waals surface area (Å²) in [6, 6.07) is 15.3. The Labute approximate surface area is 208 Å². The van der Waals surface area contributed by atoms with E-state index in [0.29, 0.717) is 13.2 Å². The summed E-state index contributed by atoms with van der Waals surface area (Å²) in [4.78, 5) is 4.43. The predicted octanol–water partition coefficient (Wildman–Crippen LogP) is 4.42. The number of hydrogen-bond acceptors (Lipinski definition) is 3. The summed E-state index contributed by atoms with van der Waals surface area (Å²) in [6.45, 7) is 5.23. The van der Waals surface area contributed by atoms with E-state index in [0.717, 1.165) is 61.0 Å². The second-order valence-electron chi connectivity index (χ2n) is 9.12. The van der Waals surface area contributed by atoms with E-state index in [4.69, 9.17) is 9.47 Å². The van der Waals surface area contributed by atoms with E-state index >= 15 is 0 Å². The standard InChI is InChI=1S/C26H33N3O2.HI/c1-17-9-10-19(24(12-17)31-16-20-7-5-11-30-20)14-28-26(27-2)29-15-23-22-13-18-6-3-4-8-21(18)25(22)23;/h3-4,6,8-10,12,20,22-23,25H,5,7,11,13-16H2,1-2H3,(H2,27,28,29);1H. The van der Waals surface area contributed by atoms with Crippen molar-refractivity contribution >= 4 is 29.9 Å². The summed E-state index contributed by atoms with van der Waals surface area (Å²) in [5, 5.41) is 7.02. The molecule has 2 aromatic carbocycles. The second-order valence-corrected chi connectivity index (χ2v) is 9.12. The van der Waals surface area contributed by atoms with Gasteiger partial charge in [0.25, 0.3) is 0 Å². The first-order chi connectivity index (χ1) is 15.2. The number of hydrogen-bond donors (Lipinski definition) is 2. The van der Waals surface area contributed by atoms with Crippen LogP contribution in [0.25, 0.3) is 0 Å². The van der Waals surface area contributed by atoms with E-state index in [9.17, 15) is 0 Å². The lowest BCUT2D eigenvalue weighted by Crippen LogP contribution is -2.38. The molecule has 5 rings (SSSR count). The number of aryl methyl sites for hydroxylation is 1. The lowest BCUT2D eigenvalue weighted by Gasteiger charge is -2.17. The molecule has 1 aliphatic heterocycles. The minimum atomic E-state index is 0. The number of fused-ring (bicyclic) bond motifs is 3. The zero-order valence-corrected chi connectivity index (χ0v) is 21.3. The molecule has 4 atom stereocenters. The van der Waals surface area contributed by atoms with Crippen molar-refractivity contribution in [2.24, 2.45) is 16.8 Å². The Balaban J connectivity index is 0.00000245. The first-order valence-electron chi connectivity index (χ1n) is 11.6. The van der Waals surface area contributed by atoms with Gasteiger partial charge in [0.05, 0.1) is 6.10 Å². The highest BCUT2D eigenvalue weighted by atomic mass is 127. The predicted molar refractivity (Wildman–Crippen MR) is 139 cm³/mol. The van der Waals surface area contributed by atoms with Crippen LogP contribution in [0.5, 0.6) is 5.75 Å². The van der Waals surface area contributed by atoms with Crippen LogP contribution < -0.4 is 15.4 Å². The van der Waals surface area contributed by atoms with Crippen LogP contribution in [0.1, 0.15) is 41.0 Å². The third-order valence-electron chi connectivity index (χ3n) is 7.05. The highest BCUT2D eigenvalue weighted by Crippen LogP contribution is 2.60. The van der Waals surface area contributed by atoms with Crippen molar-refractivity contribution in [2.45, 2.75) is 44.8 Å². The van der Waals surface area contributed by atoms with E-state index < -0.39 is 0 Å². The highest BCUT2D eigenvalue weighted by Gasteiger charge is 2.54. The molecule has 2 aliphatic carbocycles. The fourth-order valence-electron chi connectivity index (χ4n) is 5.28. The Morgan fingerprint density at radius 3 is 2.88 bits per heavy atom. The summed E-state index contributed by atoms with van der Waals surface area (Å²) in [5.41, 5.74) is 5.46. The fraction of sp³-hybridized carbons (Fsp3) is 0.500. The molecule has 5 nitrogen and oxygen atoms in total. The molecule has 0 aromatic heterocycles. The number of ether oxygens (including phenoxy) is 2. The minimum Gasteiger partial charge on any atom is -0.491 e. The van der Waals surface area contributed by atoms with Gasteiger partial charge in [-0.05, 0) is 66.7 Å². The SMILES string of the molecule is CN=C(NCc1ccc(C)cc1OCC1CCCO1)NCC1C2Cc3ccccc3C12.I. The molecule has 1 saturated heterocycles. The molecule has 2 fully saturated rings. The summed E-state index contributed by atoms with van der Waals surface area (Å²) in [6.07, 6.45) is 3.67. The van der Waals surface area contributed by atoms with Crippen molar-refractivity contribution in [3.63, 3.8) is 0 Å². The maximum absolute atomic E-state index is 6.13. The first kappa shape index (κ1) is 23.4. The Morgan fingerprint density at radius 2 is 2.06 bits per heavy atom. The molecule has 1 heterocycles. The van der Waals surface area contributed by atoms with Crippen LogP contribution >= 0.6 is 24.0 Å². The zero-order valence-electron chi connectivity index (χ0n) is 19.0. The van der Waals surface area contributed by atoms with Gasteiger partial charge in [0.2, 0.25) is 0 Å². The summed E-state index contributed by atoms with van der Waals surface area (Å²) < 4.78 is 11.8. The minimum absolute atomic E-state index is 0. The van der Waals surface area contributed by atoms with Crippen molar-refractivity contribution in [3.05, 3.63) is 64.7 Å². The Bertz CT molecular complexity index is 958. The van der Waals surface area contributed by atoms with Crippen LogP contribution in [-0.4, -0.2) is 38.9 Å². The molecule has 0 spiro atoms. The van der Waals surface area contributed by atoms with Crippen LogP contribution in [0.4, 0.5) is 0 Å². The number of nitrogens with zero attached hydrogens (tertiary/aromatic N) is 1. The van der Waals surface area contributed by atoms with Gasteiger partial charge in [0.15, 0.2) is 5.96 Å². The molecule has 6 heteroatoms. The van der Waals surface area contributed by atoms with Gasteiger partial charge in [-0.2, -0.15) is 0 Å². The number of guanidine groups is 1. The number of nitrogens with one attached hydrogen (secondary N) is 2. The fourth-order valence-corrected chi connectivity index (χ4v) is 5.28. The van der Waals surface area contributed by atoms with Gasteiger partial charge >= 0.3 is 0 Å². The van der Waals surface area contributed by atoms with Crippen molar-refractivity contribution in [3.8, 4) is 5.75 Å². The molecule has 0 radical (unpaired) electrons. The molecule has 1 saturated carbocycles. The van der Waals surface area contributed by atoms with Crippen molar-refractivity contribution in [1.29, 1.82) is 0 Å². The second kappa shape index (κ2) is 10.4. The van der Waals surface area contributed by atoms with Gasteiger partial charge in [0, 0.05) is 32.3 Å². The maximum Gasteiger partial charge on any atom is 0.191 e. The summed E-state index contributed by atoms with van der Waals surface area (Å²) >= 11 is 0. The third kappa shape index (κ3) is 5.06. The third-order valence-corrected chi connectivity index (χ3v) is 7.05. The Hall–Kier alpha value is -1.80. The zero-order chi connectivity index (χ0) is 21.2. The van der Waals surface area contributed by atoms with Crippen molar-refractivity contribution in [2.75, 3.05) is 26.8 Å². The van der Waals surface area contributed by atoms with Crippen molar-refractivity contribution < 1.29 is 9.47 Å². The Morgan fingerprint density at radius 1 is 1.19 bits per heavy atom. The van der Waals surface area contributed by atoms with Gasteiger partial charge in [-0.1, -0.05) is 36.4 Å². The normalized spacial score (nSPS) is 25.5. The molecular formula is C26H34IN3O2. The first-order valence-corrected chi connectivity index (χ1v) is 11.6. The highest BCUT2D eigenvalue weighted by molar-refractivity contribution is 14.0. The average Bonchev–Trinajstić information content (AvgIpc) is 3.12. The quantitative estimate of drug-likeness (QED) is 0.306. The van der Waals surface area contributed by atoms with E-state index in [1.54, 1.807) is 11.1 Å². The van der Waals surface area contributed by atoms with E-state index in [-0.39, 0.29) is 30.1 Å². The van der Waals surface area contributed by atoms with Gasteiger partial charge < -0.3 is 20.1 Å². The molecule has 3 aliphatic rings. The van der Waals surface area contributed by atoms with E-state index in [1.807, 2.05) is 7.05 Å². The van der Waals surface area contributed by atoms with Crippen LogP contribution in [0.2, 0.25) is 0 Å². The van der Waals surface area contributed by atoms with E-state index in [2.05, 4.69) is 65.0 Å². The van der Waals surface area contributed by atoms with Gasteiger partial charge in [-0.15, -0.1) is 24.0 Å². The summed E-state index contributed by atoms with van der Waals surface area (Å²) in [5.74, 6) is 4.04. The van der Waals surface area contributed by atoms with Crippen LogP contribution in [0.15, 0.2) is 47.5 Å². The molecule has 0 amide bonds. The molecule has 2 N–H and O–H groups in total. The summed E-state index contributed by atoms with van der Waals surface area (Å²) in [7, 11) is 1.84. The van der Waals surface area contributed by atoms with Crippen molar-refractivity contribution in [1.82, 2.24) is 10.6 Å². The average molecular weight is 547 g/mol. The number of halogens is 1. The van der Waals surface area contributed by atoms with E-state index in [1.165, 1.54) is 12.0 Å². The largest absolute Gasteiger partial charge is 0.491 e.